The lowest BCUT2D eigenvalue weighted by atomic mass is 9.86. The van der Waals surface area contributed by atoms with Crippen LogP contribution < -0.4 is 4.31 Å². The highest BCUT2D eigenvalue weighted by Crippen LogP contribution is 2.32. The average Bonchev–Trinajstić information content (AvgIpc) is 2.27. The van der Waals surface area contributed by atoms with Gasteiger partial charge in [0.05, 0.1) is 11.4 Å². The Balaban J connectivity index is 3.34. The number of hydrogen-bond acceptors (Lipinski definition) is 2. The van der Waals surface area contributed by atoms with Gasteiger partial charge < -0.3 is 0 Å². The number of anilines is 1. The van der Waals surface area contributed by atoms with Crippen molar-refractivity contribution in [1.82, 2.24) is 0 Å². The van der Waals surface area contributed by atoms with Crippen LogP contribution in [0.2, 0.25) is 0 Å². The minimum absolute atomic E-state index is 0.0753. The van der Waals surface area contributed by atoms with Crippen molar-refractivity contribution in [1.29, 1.82) is 0 Å². The maximum absolute atomic E-state index is 11.9. The highest BCUT2D eigenvalue weighted by atomic mass is 32.2. The number of nitrogens with zero attached hydrogens (tertiary/aromatic N) is 1. The van der Waals surface area contributed by atoms with Crippen LogP contribution >= 0.6 is 0 Å². The van der Waals surface area contributed by atoms with Crippen LogP contribution in [0, 0.1) is 0 Å². The topological polar surface area (TPSA) is 37.4 Å². The monoisotopic (exact) mass is 255 g/mol. The molecule has 96 valence electrons. The van der Waals surface area contributed by atoms with Gasteiger partial charge in [-0.15, -0.1) is 0 Å². The van der Waals surface area contributed by atoms with E-state index in [9.17, 15) is 8.42 Å². The molecule has 0 fully saturated rings. The van der Waals surface area contributed by atoms with Crippen molar-refractivity contribution in [3.8, 4) is 0 Å². The first-order chi connectivity index (χ1) is 7.70. The molecule has 1 rings (SSSR count). The van der Waals surface area contributed by atoms with Crippen molar-refractivity contribution in [2.75, 3.05) is 17.1 Å². The fraction of sp³-hybridized carbons (Fsp3) is 0.538. The molecule has 0 saturated carbocycles. The number of para-hydroxylation sites is 1. The molecule has 0 saturated heterocycles. The summed E-state index contributed by atoms with van der Waals surface area (Å²) in [5.41, 5.74) is 1.73. The molecule has 0 aromatic heterocycles. The lowest BCUT2D eigenvalue weighted by Gasteiger charge is -2.28. The second-order valence-electron chi connectivity index (χ2n) is 5.14. The molecule has 0 N–H and O–H groups in total. The van der Waals surface area contributed by atoms with Crippen LogP contribution in [0.3, 0.4) is 0 Å². The summed E-state index contributed by atoms with van der Waals surface area (Å²) in [5, 5.41) is 0. The highest BCUT2D eigenvalue weighted by molar-refractivity contribution is 7.92. The zero-order valence-corrected chi connectivity index (χ0v) is 12.0. The summed E-state index contributed by atoms with van der Waals surface area (Å²) in [6, 6.07) is 7.65. The summed E-state index contributed by atoms with van der Waals surface area (Å²) in [4.78, 5) is 0. The molecule has 0 spiro atoms. The molecule has 0 aliphatic heterocycles. The summed E-state index contributed by atoms with van der Waals surface area (Å²) in [6.45, 7) is 7.90. The van der Waals surface area contributed by atoms with Gasteiger partial charge in [0, 0.05) is 7.05 Å². The third kappa shape index (κ3) is 3.00. The van der Waals surface area contributed by atoms with Crippen LogP contribution in [0.25, 0.3) is 0 Å². The first-order valence-corrected chi connectivity index (χ1v) is 7.37. The van der Waals surface area contributed by atoms with E-state index in [0.29, 0.717) is 0 Å². The molecule has 0 heterocycles. The van der Waals surface area contributed by atoms with Gasteiger partial charge in [-0.2, -0.15) is 0 Å². The summed E-state index contributed by atoms with van der Waals surface area (Å²) in [6.07, 6.45) is 0. The second-order valence-corrected chi connectivity index (χ2v) is 7.42. The Hall–Kier alpha value is -1.03. The van der Waals surface area contributed by atoms with E-state index in [1.165, 1.54) is 4.31 Å². The molecule has 0 atom stereocenters. The lowest BCUT2D eigenvalue weighted by molar-refractivity contribution is 0.585. The summed E-state index contributed by atoms with van der Waals surface area (Å²) < 4.78 is 25.2. The van der Waals surface area contributed by atoms with Gasteiger partial charge in [-0.25, -0.2) is 8.42 Å². The summed E-state index contributed by atoms with van der Waals surface area (Å²) in [5.74, 6) is 0.113. The lowest BCUT2D eigenvalue weighted by Crippen LogP contribution is -2.30. The van der Waals surface area contributed by atoms with E-state index in [1.54, 1.807) is 14.0 Å². The van der Waals surface area contributed by atoms with Crippen molar-refractivity contribution in [2.24, 2.45) is 0 Å². The Morgan fingerprint density at radius 1 is 1.18 bits per heavy atom. The zero-order valence-electron chi connectivity index (χ0n) is 11.2. The largest absolute Gasteiger partial charge is 0.273 e. The van der Waals surface area contributed by atoms with Crippen LogP contribution in [-0.4, -0.2) is 21.2 Å². The van der Waals surface area contributed by atoms with E-state index < -0.39 is 10.0 Å². The number of benzene rings is 1. The Morgan fingerprint density at radius 3 is 2.18 bits per heavy atom. The number of rotatable bonds is 3. The quantitative estimate of drug-likeness (QED) is 0.833. The van der Waals surface area contributed by atoms with Gasteiger partial charge in [-0.3, -0.25) is 4.31 Å². The Kier molecular flexibility index (Phi) is 3.87. The molecule has 0 amide bonds. The smallest absolute Gasteiger partial charge is 0.234 e. The molecule has 0 radical (unpaired) electrons. The van der Waals surface area contributed by atoms with E-state index in [0.717, 1.165) is 11.3 Å². The third-order valence-electron chi connectivity index (χ3n) is 2.83. The van der Waals surface area contributed by atoms with Gasteiger partial charge in [-0.1, -0.05) is 39.0 Å². The molecule has 1 aromatic rings. The maximum Gasteiger partial charge on any atom is 0.234 e. The van der Waals surface area contributed by atoms with E-state index >= 15 is 0 Å². The molecule has 1 aromatic carbocycles. The van der Waals surface area contributed by atoms with Crippen molar-refractivity contribution in [3.63, 3.8) is 0 Å². The number of sulfonamides is 1. The first-order valence-electron chi connectivity index (χ1n) is 5.76. The standard InChI is InChI=1S/C13H21NO2S/c1-6-17(15,16)14(5)12-10-8-7-9-11(12)13(2,3)4/h7-10H,6H2,1-5H3. The molecular formula is C13H21NO2S. The minimum Gasteiger partial charge on any atom is -0.273 e. The van der Waals surface area contributed by atoms with Crippen molar-refractivity contribution in [3.05, 3.63) is 29.8 Å². The highest BCUT2D eigenvalue weighted by Gasteiger charge is 2.23. The van der Waals surface area contributed by atoms with Gasteiger partial charge in [0.2, 0.25) is 10.0 Å². The Morgan fingerprint density at radius 2 is 1.71 bits per heavy atom. The van der Waals surface area contributed by atoms with Crippen LogP contribution in [0.5, 0.6) is 0 Å². The van der Waals surface area contributed by atoms with Gasteiger partial charge in [0.15, 0.2) is 0 Å². The fourth-order valence-corrected chi connectivity index (χ4v) is 2.57. The Bertz CT molecular complexity index is 486. The molecule has 3 nitrogen and oxygen atoms in total. The minimum atomic E-state index is -3.20. The van der Waals surface area contributed by atoms with E-state index in [-0.39, 0.29) is 11.2 Å². The maximum atomic E-state index is 11.9. The molecule has 0 aliphatic rings. The van der Waals surface area contributed by atoms with E-state index in [1.807, 2.05) is 24.3 Å². The summed E-state index contributed by atoms with van der Waals surface area (Å²) >= 11 is 0. The van der Waals surface area contributed by atoms with Gasteiger partial charge in [0.1, 0.15) is 0 Å². The van der Waals surface area contributed by atoms with Gasteiger partial charge in [-0.05, 0) is 24.0 Å². The predicted molar refractivity (Wildman–Crippen MR) is 73.0 cm³/mol. The van der Waals surface area contributed by atoms with E-state index in [2.05, 4.69) is 20.8 Å². The van der Waals surface area contributed by atoms with Crippen LogP contribution in [0.1, 0.15) is 33.3 Å². The van der Waals surface area contributed by atoms with Gasteiger partial charge >= 0.3 is 0 Å². The second kappa shape index (κ2) is 4.69. The third-order valence-corrected chi connectivity index (χ3v) is 4.59. The molecule has 17 heavy (non-hydrogen) atoms. The molecule has 0 aliphatic carbocycles. The first kappa shape index (κ1) is 14.0. The average molecular weight is 255 g/mol. The molecular weight excluding hydrogens is 234 g/mol. The fourth-order valence-electron chi connectivity index (χ4n) is 1.73. The van der Waals surface area contributed by atoms with Gasteiger partial charge in [0.25, 0.3) is 0 Å². The normalized spacial score (nSPS) is 12.5. The number of hydrogen-bond donors (Lipinski definition) is 0. The van der Waals surface area contributed by atoms with Crippen LogP contribution in [0.4, 0.5) is 5.69 Å². The predicted octanol–water partition coefficient (Wildman–Crippen LogP) is 2.77. The van der Waals surface area contributed by atoms with E-state index in [4.69, 9.17) is 0 Å². The molecule has 0 bridgehead atoms. The van der Waals surface area contributed by atoms with Crippen LogP contribution in [0.15, 0.2) is 24.3 Å². The molecule has 0 unspecified atom stereocenters. The Labute approximate surface area is 105 Å². The molecule has 4 heteroatoms. The van der Waals surface area contributed by atoms with Crippen molar-refractivity contribution >= 4 is 15.7 Å². The SMILES string of the molecule is CCS(=O)(=O)N(C)c1ccccc1C(C)(C)C. The van der Waals surface area contributed by atoms with Crippen molar-refractivity contribution < 1.29 is 8.42 Å². The summed E-state index contributed by atoms with van der Waals surface area (Å²) in [7, 11) is -1.59. The zero-order chi connectivity index (χ0) is 13.3. The van der Waals surface area contributed by atoms with Crippen LogP contribution in [-0.2, 0) is 15.4 Å². The van der Waals surface area contributed by atoms with Crippen molar-refractivity contribution in [2.45, 2.75) is 33.1 Å².